The van der Waals surface area contributed by atoms with Gasteiger partial charge in [-0.1, -0.05) is 23.2 Å². The molecule has 6 nitrogen and oxygen atoms in total. The Hall–Kier alpha value is -2.05. The fraction of sp³-hybridized carbons (Fsp3) is 0.353. The Balaban J connectivity index is 1.73. The lowest BCUT2D eigenvalue weighted by atomic mass is 9.94. The summed E-state index contributed by atoms with van der Waals surface area (Å²) in [5.74, 6) is 0.944. The summed E-state index contributed by atoms with van der Waals surface area (Å²) >= 11 is 12.5. The first-order valence-corrected chi connectivity index (χ1v) is 8.76. The normalized spacial score (nSPS) is 20.4. The van der Waals surface area contributed by atoms with Crippen molar-refractivity contribution in [1.82, 2.24) is 10.2 Å². The summed E-state index contributed by atoms with van der Waals surface area (Å²) in [5.41, 5.74) is 1.99. The van der Waals surface area contributed by atoms with Gasteiger partial charge in [-0.3, -0.25) is 9.59 Å². The van der Waals surface area contributed by atoms with Crippen molar-refractivity contribution in [2.24, 2.45) is 0 Å². The largest absolute Gasteiger partial charge is 0.434 e. The van der Waals surface area contributed by atoms with Gasteiger partial charge in [-0.2, -0.15) is 0 Å². The summed E-state index contributed by atoms with van der Waals surface area (Å²) in [7, 11) is 0. The van der Waals surface area contributed by atoms with Gasteiger partial charge in [-0.15, -0.1) is 5.10 Å². The topological polar surface area (TPSA) is 84.1 Å². The van der Waals surface area contributed by atoms with Crippen LogP contribution in [-0.2, 0) is 4.79 Å². The van der Waals surface area contributed by atoms with Gasteiger partial charge in [-0.25, -0.2) is 5.10 Å². The van der Waals surface area contributed by atoms with Gasteiger partial charge in [0.05, 0.1) is 10.0 Å². The molecule has 1 saturated carbocycles. The fourth-order valence-corrected chi connectivity index (χ4v) is 4.44. The van der Waals surface area contributed by atoms with Gasteiger partial charge in [0.15, 0.2) is 5.75 Å². The first kappa shape index (κ1) is 16.4. The third-order valence-electron chi connectivity index (χ3n) is 4.79. The number of nitrogens with zero attached hydrogens (tertiary/aromatic N) is 1. The Kier molecular flexibility index (Phi) is 3.96. The van der Waals surface area contributed by atoms with E-state index in [9.17, 15) is 9.59 Å². The molecule has 2 N–H and O–H groups in total. The molecule has 0 spiro atoms. The van der Waals surface area contributed by atoms with Gasteiger partial charge >= 0.3 is 0 Å². The molecule has 0 radical (unpaired) electrons. The van der Waals surface area contributed by atoms with E-state index in [-0.39, 0.29) is 33.2 Å². The first-order valence-electron chi connectivity index (χ1n) is 8.01. The molecule has 2 unspecified atom stereocenters. The standard InChI is InChI=1S/C17H15Cl2N3O3/c1-7(23)20-10-5-11(18)15(12(19)6-10)25-17-14-9-3-2-8(4-9)13(14)16(24)21-22-17/h5-6,8-9H,2-4H2,1H3,(H,20,23)(H,21,24). The first-order chi connectivity index (χ1) is 11.9. The van der Waals surface area contributed by atoms with Crippen molar-refractivity contribution in [3.63, 3.8) is 0 Å². The predicted molar refractivity (Wildman–Crippen MR) is 95.0 cm³/mol. The molecule has 2 aliphatic carbocycles. The molecule has 1 heterocycles. The van der Waals surface area contributed by atoms with Crippen LogP contribution in [0, 0.1) is 0 Å². The molecule has 2 aromatic rings. The van der Waals surface area contributed by atoms with E-state index in [0.29, 0.717) is 17.5 Å². The molecule has 4 rings (SSSR count). The van der Waals surface area contributed by atoms with E-state index in [2.05, 4.69) is 15.5 Å². The molecule has 1 aromatic heterocycles. The number of nitrogens with one attached hydrogen (secondary N) is 2. The molecule has 2 aliphatic rings. The fourth-order valence-electron chi connectivity index (χ4n) is 3.87. The van der Waals surface area contributed by atoms with E-state index in [4.69, 9.17) is 27.9 Å². The lowest BCUT2D eigenvalue weighted by Gasteiger charge is -2.18. The molecule has 2 atom stereocenters. The van der Waals surface area contributed by atoms with E-state index in [0.717, 1.165) is 30.4 Å². The molecule has 0 aliphatic heterocycles. The van der Waals surface area contributed by atoms with Gasteiger partial charge in [-0.05, 0) is 43.2 Å². The predicted octanol–water partition coefficient (Wildman–Crippen LogP) is 4.19. The van der Waals surface area contributed by atoms with Crippen LogP contribution in [-0.4, -0.2) is 16.1 Å². The number of amides is 1. The summed E-state index contributed by atoms with van der Waals surface area (Å²) < 4.78 is 5.89. The van der Waals surface area contributed by atoms with Crippen LogP contribution in [0.4, 0.5) is 5.69 Å². The highest BCUT2D eigenvalue weighted by atomic mass is 35.5. The Morgan fingerprint density at radius 2 is 1.88 bits per heavy atom. The number of carbonyl (C=O) groups is 1. The van der Waals surface area contributed by atoms with Crippen molar-refractivity contribution in [2.75, 3.05) is 5.32 Å². The number of halogens is 2. The molecule has 8 heteroatoms. The molecule has 130 valence electrons. The number of hydrogen-bond donors (Lipinski definition) is 2. The second-order valence-electron chi connectivity index (χ2n) is 6.44. The Morgan fingerprint density at radius 1 is 1.24 bits per heavy atom. The third-order valence-corrected chi connectivity index (χ3v) is 5.35. The molecular weight excluding hydrogens is 365 g/mol. The lowest BCUT2D eigenvalue weighted by Crippen LogP contribution is -2.19. The Bertz CT molecular complexity index is 918. The number of benzene rings is 1. The van der Waals surface area contributed by atoms with Crippen LogP contribution in [0.2, 0.25) is 10.0 Å². The highest BCUT2D eigenvalue weighted by molar-refractivity contribution is 6.37. The van der Waals surface area contributed by atoms with Crippen molar-refractivity contribution in [3.05, 3.63) is 43.7 Å². The maximum absolute atomic E-state index is 12.1. The zero-order valence-electron chi connectivity index (χ0n) is 13.4. The van der Waals surface area contributed by atoms with Crippen molar-refractivity contribution in [1.29, 1.82) is 0 Å². The van der Waals surface area contributed by atoms with Gasteiger partial charge in [0.1, 0.15) is 0 Å². The van der Waals surface area contributed by atoms with Gasteiger partial charge in [0.2, 0.25) is 11.8 Å². The monoisotopic (exact) mass is 379 g/mol. The SMILES string of the molecule is CC(=O)Nc1cc(Cl)c(Oc2n[nH]c(=O)c3c2C2CCC3C2)c(Cl)c1. The minimum atomic E-state index is -0.225. The third kappa shape index (κ3) is 2.79. The summed E-state index contributed by atoms with van der Waals surface area (Å²) in [6.07, 6.45) is 3.02. The van der Waals surface area contributed by atoms with Crippen LogP contribution in [0.15, 0.2) is 16.9 Å². The van der Waals surface area contributed by atoms with Gasteiger partial charge in [0, 0.05) is 23.7 Å². The number of hydrogen-bond acceptors (Lipinski definition) is 4. The van der Waals surface area contributed by atoms with Crippen molar-refractivity contribution >= 4 is 34.8 Å². The molecule has 1 fully saturated rings. The van der Waals surface area contributed by atoms with Crippen LogP contribution in [0.25, 0.3) is 0 Å². The minimum Gasteiger partial charge on any atom is -0.434 e. The van der Waals surface area contributed by atoms with Gasteiger partial charge in [0.25, 0.3) is 5.56 Å². The smallest absolute Gasteiger partial charge is 0.268 e. The lowest BCUT2D eigenvalue weighted by molar-refractivity contribution is -0.114. The molecule has 25 heavy (non-hydrogen) atoms. The highest BCUT2D eigenvalue weighted by Gasteiger charge is 2.42. The van der Waals surface area contributed by atoms with E-state index in [1.807, 2.05) is 0 Å². The molecule has 1 aromatic carbocycles. The summed E-state index contributed by atoms with van der Waals surface area (Å²) in [6.45, 7) is 1.40. The number of anilines is 1. The van der Waals surface area contributed by atoms with Crippen molar-refractivity contribution < 1.29 is 9.53 Å². The zero-order valence-corrected chi connectivity index (χ0v) is 14.9. The molecule has 0 saturated heterocycles. The number of aromatic amines is 1. The number of ether oxygens (including phenoxy) is 1. The van der Waals surface area contributed by atoms with Crippen LogP contribution in [0.1, 0.15) is 49.1 Å². The van der Waals surface area contributed by atoms with Crippen LogP contribution in [0.3, 0.4) is 0 Å². The quantitative estimate of drug-likeness (QED) is 0.836. The number of H-pyrrole nitrogens is 1. The van der Waals surface area contributed by atoms with Crippen LogP contribution < -0.4 is 15.6 Å². The van der Waals surface area contributed by atoms with E-state index >= 15 is 0 Å². The van der Waals surface area contributed by atoms with Crippen molar-refractivity contribution in [3.8, 4) is 11.6 Å². The second kappa shape index (κ2) is 6.04. The van der Waals surface area contributed by atoms with Crippen molar-refractivity contribution in [2.45, 2.75) is 38.0 Å². The maximum Gasteiger partial charge on any atom is 0.268 e. The summed E-state index contributed by atoms with van der Waals surface area (Å²) in [5, 5.41) is 9.70. The number of rotatable bonds is 3. The number of aromatic nitrogens is 2. The Morgan fingerprint density at radius 3 is 2.52 bits per heavy atom. The summed E-state index contributed by atoms with van der Waals surface area (Å²) in [6, 6.07) is 3.12. The summed E-state index contributed by atoms with van der Waals surface area (Å²) in [4.78, 5) is 23.3. The molecule has 2 bridgehead atoms. The number of carbonyl (C=O) groups excluding carboxylic acids is 1. The van der Waals surface area contributed by atoms with Crippen LogP contribution in [0.5, 0.6) is 11.6 Å². The van der Waals surface area contributed by atoms with E-state index in [1.54, 1.807) is 12.1 Å². The average Bonchev–Trinajstić information content (AvgIpc) is 3.14. The van der Waals surface area contributed by atoms with E-state index in [1.165, 1.54) is 6.92 Å². The zero-order chi connectivity index (χ0) is 17.7. The van der Waals surface area contributed by atoms with Gasteiger partial charge < -0.3 is 10.1 Å². The maximum atomic E-state index is 12.1. The molecule has 1 amide bonds. The van der Waals surface area contributed by atoms with Crippen LogP contribution >= 0.6 is 23.2 Å². The second-order valence-corrected chi connectivity index (χ2v) is 7.26. The average molecular weight is 380 g/mol. The highest BCUT2D eigenvalue weighted by Crippen LogP contribution is 2.54. The number of fused-ring (bicyclic) bond motifs is 5. The van der Waals surface area contributed by atoms with E-state index < -0.39 is 0 Å². The minimum absolute atomic E-state index is 0.146. The molecular formula is C17H15Cl2N3O3. The Labute approximate surface area is 153 Å².